The lowest BCUT2D eigenvalue weighted by Gasteiger charge is -2.10. The molecule has 0 aliphatic rings. The van der Waals surface area contributed by atoms with Crippen molar-refractivity contribution in [3.8, 4) is 0 Å². The standard InChI is InChI=1S/C8H17N3O3/c1-14-4-2-3-6(9)8(13)11-5-7(10)12/h6H,2-5,9H2,1H3,(H2,10,12)(H,11,13). The number of ether oxygens (including phenoxy) is 1. The van der Waals surface area contributed by atoms with Crippen molar-refractivity contribution in [2.45, 2.75) is 18.9 Å². The topological polar surface area (TPSA) is 107 Å². The smallest absolute Gasteiger partial charge is 0.237 e. The Hall–Kier alpha value is -1.14. The molecule has 0 bridgehead atoms. The highest BCUT2D eigenvalue weighted by Crippen LogP contribution is 1.94. The van der Waals surface area contributed by atoms with Gasteiger partial charge in [0.2, 0.25) is 11.8 Å². The van der Waals surface area contributed by atoms with Crippen LogP contribution in [-0.2, 0) is 14.3 Å². The predicted molar refractivity (Wildman–Crippen MR) is 51.3 cm³/mol. The molecule has 0 spiro atoms. The summed E-state index contributed by atoms with van der Waals surface area (Å²) in [5.74, 6) is -0.942. The maximum atomic E-state index is 11.2. The molecule has 0 aromatic heterocycles. The molecular formula is C8H17N3O3. The van der Waals surface area contributed by atoms with Gasteiger partial charge < -0.3 is 21.5 Å². The van der Waals surface area contributed by atoms with Crippen LogP contribution in [0.15, 0.2) is 0 Å². The molecule has 1 unspecified atom stereocenters. The molecule has 1 atom stereocenters. The molecule has 6 heteroatoms. The second-order valence-electron chi connectivity index (χ2n) is 2.93. The Morgan fingerprint density at radius 1 is 1.50 bits per heavy atom. The molecule has 0 fully saturated rings. The summed E-state index contributed by atoms with van der Waals surface area (Å²) in [4.78, 5) is 21.5. The maximum absolute atomic E-state index is 11.2. The Labute approximate surface area is 83.0 Å². The summed E-state index contributed by atoms with van der Waals surface area (Å²) in [5, 5.41) is 2.33. The fourth-order valence-electron chi connectivity index (χ4n) is 0.884. The number of amides is 2. The molecule has 0 saturated heterocycles. The minimum absolute atomic E-state index is 0.170. The van der Waals surface area contributed by atoms with Gasteiger partial charge in [-0.15, -0.1) is 0 Å². The van der Waals surface area contributed by atoms with Gasteiger partial charge in [0.05, 0.1) is 12.6 Å². The number of hydrogen-bond donors (Lipinski definition) is 3. The van der Waals surface area contributed by atoms with Gasteiger partial charge in [0.25, 0.3) is 0 Å². The molecule has 0 heterocycles. The van der Waals surface area contributed by atoms with Gasteiger partial charge in [0, 0.05) is 13.7 Å². The molecule has 2 amide bonds. The lowest BCUT2D eigenvalue weighted by molar-refractivity contribution is -0.125. The van der Waals surface area contributed by atoms with Crippen molar-refractivity contribution in [2.24, 2.45) is 11.5 Å². The second kappa shape index (κ2) is 7.28. The first-order valence-electron chi connectivity index (χ1n) is 4.38. The van der Waals surface area contributed by atoms with E-state index in [4.69, 9.17) is 16.2 Å². The van der Waals surface area contributed by atoms with E-state index in [1.807, 2.05) is 0 Å². The summed E-state index contributed by atoms with van der Waals surface area (Å²) < 4.78 is 4.81. The zero-order valence-corrected chi connectivity index (χ0v) is 8.29. The third kappa shape index (κ3) is 6.38. The van der Waals surface area contributed by atoms with Crippen LogP contribution in [0.3, 0.4) is 0 Å². The van der Waals surface area contributed by atoms with Crippen LogP contribution in [0.4, 0.5) is 0 Å². The number of methoxy groups -OCH3 is 1. The highest BCUT2D eigenvalue weighted by Gasteiger charge is 2.12. The molecular weight excluding hydrogens is 186 g/mol. The number of hydrogen-bond acceptors (Lipinski definition) is 4. The molecule has 0 aromatic rings. The highest BCUT2D eigenvalue weighted by molar-refractivity contribution is 5.86. The summed E-state index contributed by atoms with van der Waals surface area (Å²) in [5.41, 5.74) is 10.4. The van der Waals surface area contributed by atoms with Crippen molar-refractivity contribution in [3.63, 3.8) is 0 Å². The number of carbonyl (C=O) groups excluding carboxylic acids is 2. The van der Waals surface area contributed by atoms with Crippen LogP contribution in [0, 0.1) is 0 Å². The average molecular weight is 203 g/mol. The molecule has 0 rings (SSSR count). The van der Waals surface area contributed by atoms with Gasteiger partial charge in [0.15, 0.2) is 0 Å². The van der Waals surface area contributed by atoms with Crippen molar-refractivity contribution in [2.75, 3.05) is 20.3 Å². The largest absolute Gasteiger partial charge is 0.385 e. The SMILES string of the molecule is COCCCC(N)C(=O)NCC(N)=O. The predicted octanol–water partition coefficient (Wildman–Crippen LogP) is -1.66. The first-order valence-corrected chi connectivity index (χ1v) is 4.38. The van der Waals surface area contributed by atoms with Crippen molar-refractivity contribution in [1.29, 1.82) is 0 Å². The molecule has 0 aromatic carbocycles. The number of carbonyl (C=O) groups is 2. The van der Waals surface area contributed by atoms with E-state index in [2.05, 4.69) is 5.32 Å². The van der Waals surface area contributed by atoms with Crippen molar-refractivity contribution < 1.29 is 14.3 Å². The van der Waals surface area contributed by atoms with Gasteiger partial charge in [-0.05, 0) is 12.8 Å². The van der Waals surface area contributed by atoms with E-state index >= 15 is 0 Å². The first kappa shape index (κ1) is 12.9. The van der Waals surface area contributed by atoms with E-state index < -0.39 is 11.9 Å². The minimum atomic E-state index is -0.607. The third-order valence-corrected chi connectivity index (χ3v) is 1.64. The first-order chi connectivity index (χ1) is 6.57. The molecule has 6 nitrogen and oxygen atoms in total. The van der Waals surface area contributed by atoms with Crippen LogP contribution >= 0.6 is 0 Å². The van der Waals surface area contributed by atoms with Crippen LogP contribution in [0.25, 0.3) is 0 Å². The van der Waals surface area contributed by atoms with Crippen molar-refractivity contribution in [1.82, 2.24) is 5.32 Å². The van der Waals surface area contributed by atoms with E-state index in [1.165, 1.54) is 0 Å². The average Bonchev–Trinajstić information content (AvgIpc) is 2.14. The van der Waals surface area contributed by atoms with Crippen molar-refractivity contribution in [3.05, 3.63) is 0 Å². The summed E-state index contributed by atoms with van der Waals surface area (Å²) in [6.45, 7) is 0.396. The molecule has 0 saturated carbocycles. The monoisotopic (exact) mass is 203 g/mol. The van der Waals surface area contributed by atoms with Crippen LogP contribution in [0.5, 0.6) is 0 Å². The Balaban J connectivity index is 3.59. The van der Waals surface area contributed by atoms with Crippen LogP contribution in [-0.4, -0.2) is 38.1 Å². The maximum Gasteiger partial charge on any atom is 0.237 e. The fraction of sp³-hybridized carbons (Fsp3) is 0.750. The Kier molecular flexibility index (Phi) is 6.69. The lowest BCUT2D eigenvalue weighted by atomic mass is 10.1. The second-order valence-corrected chi connectivity index (χ2v) is 2.93. The van der Waals surface area contributed by atoms with E-state index in [-0.39, 0.29) is 12.5 Å². The Morgan fingerprint density at radius 2 is 2.14 bits per heavy atom. The summed E-state index contributed by atoms with van der Waals surface area (Å²) in [6, 6.07) is -0.607. The minimum Gasteiger partial charge on any atom is -0.385 e. The molecule has 14 heavy (non-hydrogen) atoms. The van der Waals surface area contributed by atoms with Crippen molar-refractivity contribution >= 4 is 11.8 Å². The number of primary amides is 1. The number of nitrogens with two attached hydrogens (primary N) is 2. The third-order valence-electron chi connectivity index (χ3n) is 1.64. The summed E-state index contributed by atoms with van der Waals surface area (Å²) in [6.07, 6.45) is 1.24. The van der Waals surface area contributed by atoms with E-state index in [0.717, 1.165) is 0 Å². The normalized spacial score (nSPS) is 12.1. The van der Waals surface area contributed by atoms with Crippen LogP contribution < -0.4 is 16.8 Å². The summed E-state index contributed by atoms with van der Waals surface area (Å²) >= 11 is 0. The molecule has 82 valence electrons. The molecule has 0 aliphatic carbocycles. The quantitative estimate of drug-likeness (QED) is 0.430. The summed E-state index contributed by atoms with van der Waals surface area (Å²) in [7, 11) is 1.58. The number of rotatable bonds is 7. The molecule has 0 radical (unpaired) electrons. The van der Waals surface area contributed by atoms with Gasteiger partial charge in [-0.1, -0.05) is 0 Å². The molecule has 0 aliphatic heterocycles. The number of nitrogens with one attached hydrogen (secondary N) is 1. The zero-order valence-electron chi connectivity index (χ0n) is 8.29. The Bertz CT molecular complexity index is 196. The van der Waals surface area contributed by atoms with Crippen LogP contribution in [0.1, 0.15) is 12.8 Å². The van der Waals surface area contributed by atoms with Gasteiger partial charge >= 0.3 is 0 Å². The van der Waals surface area contributed by atoms with Gasteiger partial charge in [-0.3, -0.25) is 9.59 Å². The van der Waals surface area contributed by atoms with Gasteiger partial charge in [-0.2, -0.15) is 0 Å². The van der Waals surface area contributed by atoms with E-state index in [1.54, 1.807) is 7.11 Å². The van der Waals surface area contributed by atoms with E-state index in [9.17, 15) is 9.59 Å². The van der Waals surface area contributed by atoms with Gasteiger partial charge in [-0.25, -0.2) is 0 Å². The van der Waals surface area contributed by atoms with E-state index in [0.29, 0.717) is 19.4 Å². The van der Waals surface area contributed by atoms with Gasteiger partial charge in [0.1, 0.15) is 0 Å². The lowest BCUT2D eigenvalue weighted by Crippen LogP contribution is -2.43. The zero-order chi connectivity index (χ0) is 11.0. The Morgan fingerprint density at radius 3 is 2.64 bits per heavy atom. The van der Waals surface area contributed by atoms with Crippen LogP contribution in [0.2, 0.25) is 0 Å². The highest BCUT2D eigenvalue weighted by atomic mass is 16.5. The molecule has 5 N–H and O–H groups in total. The fourth-order valence-corrected chi connectivity index (χ4v) is 0.884.